The van der Waals surface area contributed by atoms with Crippen molar-refractivity contribution in [2.45, 2.75) is 32.9 Å². The number of anilines is 1. The van der Waals surface area contributed by atoms with Crippen LogP contribution in [0.15, 0.2) is 18.2 Å². The molecule has 7 heteroatoms. The molecule has 1 rings (SSSR count). The number of carbonyl (C=O) groups excluding carboxylic acids is 1. The normalized spacial score (nSPS) is 12.1. The Hall–Kier alpha value is -1.38. The third kappa shape index (κ3) is 4.66. The van der Waals surface area contributed by atoms with Gasteiger partial charge in [0.15, 0.2) is 0 Å². The van der Waals surface area contributed by atoms with Gasteiger partial charge >= 0.3 is 0 Å². The Bertz CT molecular complexity index is 491. The van der Waals surface area contributed by atoms with Crippen LogP contribution < -0.4 is 10.6 Å². The zero-order valence-electron chi connectivity index (χ0n) is 10.9. The molecule has 1 unspecified atom stereocenters. The van der Waals surface area contributed by atoms with Crippen LogP contribution in [0.3, 0.4) is 0 Å². The van der Waals surface area contributed by atoms with Crippen molar-refractivity contribution in [2.24, 2.45) is 0 Å². The predicted molar refractivity (Wildman–Crippen MR) is 82.2 cm³/mol. The van der Waals surface area contributed by atoms with Gasteiger partial charge in [0.1, 0.15) is 6.04 Å². The summed E-state index contributed by atoms with van der Waals surface area (Å²) in [6, 6.07) is 4.35. The number of hydrogen-bond donors (Lipinski definition) is 2. The quantitative estimate of drug-likeness (QED) is 0.469. The number of hydrogen-bond acceptors (Lipinski definition) is 4. The summed E-state index contributed by atoms with van der Waals surface area (Å²) in [5.74, 6) is -0.108. The molecule has 0 saturated carbocycles. The van der Waals surface area contributed by atoms with Crippen LogP contribution in [0.4, 0.5) is 11.4 Å². The van der Waals surface area contributed by atoms with Gasteiger partial charge in [-0.05, 0) is 55.5 Å². The molecule has 0 radical (unpaired) electrons. The highest BCUT2D eigenvalue weighted by atomic mass is 127. The number of nitro groups is 1. The van der Waals surface area contributed by atoms with Crippen LogP contribution in [-0.2, 0) is 4.79 Å². The van der Waals surface area contributed by atoms with Crippen molar-refractivity contribution < 1.29 is 9.72 Å². The second-order valence-electron chi connectivity index (χ2n) is 4.45. The third-order valence-corrected chi connectivity index (χ3v) is 3.22. The highest BCUT2D eigenvalue weighted by molar-refractivity contribution is 14.1. The first kappa shape index (κ1) is 15.7. The predicted octanol–water partition coefficient (Wildman–Crippen LogP) is 2.52. The molecular weight excluding hydrogens is 361 g/mol. The van der Waals surface area contributed by atoms with E-state index in [0.717, 1.165) is 0 Å². The van der Waals surface area contributed by atoms with E-state index in [2.05, 4.69) is 10.6 Å². The summed E-state index contributed by atoms with van der Waals surface area (Å²) in [5.41, 5.74) is 0.742. The van der Waals surface area contributed by atoms with Crippen LogP contribution >= 0.6 is 22.6 Å². The average Bonchev–Trinajstić information content (AvgIpc) is 2.27. The Morgan fingerprint density at radius 3 is 2.47 bits per heavy atom. The van der Waals surface area contributed by atoms with E-state index in [9.17, 15) is 14.9 Å². The van der Waals surface area contributed by atoms with Crippen molar-refractivity contribution in [2.75, 3.05) is 5.32 Å². The monoisotopic (exact) mass is 377 g/mol. The summed E-state index contributed by atoms with van der Waals surface area (Å²) in [7, 11) is 0. The number of nitrogens with zero attached hydrogens (tertiary/aromatic N) is 1. The van der Waals surface area contributed by atoms with E-state index < -0.39 is 11.0 Å². The molecule has 0 heterocycles. The number of nitro benzene ring substituents is 1. The molecule has 0 bridgehead atoms. The summed E-state index contributed by atoms with van der Waals surface area (Å²) in [6.07, 6.45) is 0. The molecule has 0 aliphatic heterocycles. The number of amides is 1. The molecule has 0 aromatic heterocycles. The Balaban J connectivity index is 2.75. The number of benzene rings is 1. The van der Waals surface area contributed by atoms with E-state index >= 15 is 0 Å². The zero-order chi connectivity index (χ0) is 14.6. The lowest BCUT2D eigenvalue weighted by Crippen LogP contribution is -2.40. The van der Waals surface area contributed by atoms with Gasteiger partial charge < -0.3 is 10.6 Å². The SMILES string of the molecule is CC(C)NC(=O)C(C)Nc1ccc([N+](=O)[O-])c(I)c1. The topological polar surface area (TPSA) is 84.3 Å². The van der Waals surface area contributed by atoms with Gasteiger partial charge in [-0.25, -0.2) is 0 Å². The Morgan fingerprint density at radius 1 is 1.37 bits per heavy atom. The van der Waals surface area contributed by atoms with E-state index in [0.29, 0.717) is 9.26 Å². The van der Waals surface area contributed by atoms with Gasteiger partial charge in [-0.3, -0.25) is 14.9 Å². The summed E-state index contributed by atoms with van der Waals surface area (Å²) < 4.78 is 0.532. The molecule has 1 aromatic rings. The van der Waals surface area contributed by atoms with Crippen LogP contribution in [0.1, 0.15) is 20.8 Å². The maximum absolute atomic E-state index is 11.7. The van der Waals surface area contributed by atoms with Crippen molar-refractivity contribution >= 4 is 39.9 Å². The van der Waals surface area contributed by atoms with Gasteiger partial charge in [0.05, 0.1) is 8.49 Å². The van der Waals surface area contributed by atoms with Gasteiger partial charge in [-0.1, -0.05) is 0 Å². The first-order valence-electron chi connectivity index (χ1n) is 5.82. The molecular formula is C12H16IN3O3. The minimum Gasteiger partial charge on any atom is -0.374 e. The Labute approximate surface area is 125 Å². The number of carbonyl (C=O) groups is 1. The molecule has 2 N–H and O–H groups in total. The van der Waals surface area contributed by atoms with Crippen molar-refractivity contribution in [1.82, 2.24) is 5.32 Å². The van der Waals surface area contributed by atoms with E-state index in [1.807, 2.05) is 36.4 Å². The van der Waals surface area contributed by atoms with E-state index in [4.69, 9.17) is 0 Å². The molecule has 19 heavy (non-hydrogen) atoms. The summed E-state index contributed by atoms with van der Waals surface area (Å²) in [5, 5.41) is 16.5. The van der Waals surface area contributed by atoms with Gasteiger partial charge in [0.2, 0.25) is 5.91 Å². The largest absolute Gasteiger partial charge is 0.374 e. The minimum absolute atomic E-state index is 0.0606. The summed E-state index contributed by atoms with van der Waals surface area (Å²) in [4.78, 5) is 22.0. The lowest BCUT2D eigenvalue weighted by Gasteiger charge is -2.17. The van der Waals surface area contributed by atoms with Gasteiger partial charge in [-0.15, -0.1) is 0 Å². The maximum atomic E-state index is 11.7. The van der Waals surface area contributed by atoms with E-state index in [1.165, 1.54) is 6.07 Å². The molecule has 1 atom stereocenters. The van der Waals surface area contributed by atoms with Crippen molar-refractivity contribution in [3.05, 3.63) is 31.9 Å². The highest BCUT2D eigenvalue weighted by Gasteiger charge is 2.16. The fourth-order valence-electron chi connectivity index (χ4n) is 1.47. The average molecular weight is 377 g/mol. The van der Waals surface area contributed by atoms with Gasteiger partial charge in [-0.2, -0.15) is 0 Å². The number of nitrogens with one attached hydrogen (secondary N) is 2. The molecule has 0 spiro atoms. The van der Waals surface area contributed by atoms with E-state index in [1.54, 1.807) is 19.1 Å². The maximum Gasteiger partial charge on any atom is 0.282 e. The molecule has 0 aliphatic carbocycles. The van der Waals surface area contributed by atoms with Gasteiger partial charge in [0.25, 0.3) is 5.69 Å². The Kier molecular flexibility index (Phi) is 5.52. The van der Waals surface area contributed by atoms with Crippen molar-refractivity contribution in [3.63, 3.8) is 0 Å². The van der Waals surface area contributed by atoms with Crippen LogP contribution in [0.25, 0.3) is 0 Å². The molecule has 0 fully saturated rings. The lowest BCUT2D eigenvalue weighted by molar-refractivity contribution is -0.385. The third-order valence-electron chi connectivity index (χ3n) is 2.35. The lowest BCUT2D eigenvalue weighted by atomic mass is 10.2. The van der Waals surface area contributed by atoms with Crippen LogP contribution in [0.5, 0.6) is 0 Å². The van der Waals surface area contributed by atoms with Crippen molar-refractivity contribution in [1.29, 1.82) is 0 Å². The molecule has 0 aliphatic rings. The van der Waals surface area contributed by atoms with Crippen molar-refractivity contribution in [3.8, 4) is 0 Å². The fourth-order valence-corrected chi connectivity index (χ4v) is 2.18. The van der Waals surface area contributed by atoms with Crippen LogP contribution in [0.2, 0.25) is 0 Å². The van der Waals surface area contributed by atoms with Crippen LogP contribution in [0, 0.1) is 13.7 Å². The Morgan fingerprint density at radius 2 is 2.00 bits per heavy atom. The standard InChI is InChI=1S/C12H16IN3O3/c1-7(2)14-12(17)8(3)15-9-4-5-11(16(18)19)10(13)6-9/h4-8,15H,1-3H3,(H,14,17). The number of halogens is 1. The smallest absolute Gasteiger partial charge is 0.282 e. The molecule has 104 valence electrons. The number of rotatable bonds is 5. The summed E-state index contributed by atoms with van der Waals surface area (Å²) >= 11 is 1.90. The zero-order valence-corrected chi connectivity index (χ0v) is 13.1. The molecule has 1 amide bonds. The first-order valence-corrected chi connectivity index (χ1v) is 6.90. The highest BCUT2D eigenvalue weighted by Crippen LogP contribution is 2.24. The van der Waals surface area contributed by atoms with Crippen LogP contribution in [-0.4, -0.2) is 22.9 Å². The fraction of sp³-hybridized carbons (Fsp3) is 0.417. The second-order valence-corrected chi connectivity index (χ2v) is 5.61. The van der Waals surface area contributed by atoms with Gasteiger partial charge in [0, 0.05) is 17.8 Å². The molecule has 0 saturated heterocycles. The summed E-state index contributed by atoms with van der Waals surface area (Å²) in [6.45, 7) is 5.52. The molecule has 6 nitrogen and oxygen atoms in total. The minimum atomic E-state index is -0.430. The van der Waals surface area contributed by atoms with E-state index in [-0.39, 0.29) is 17.6 Å². The molecule has 1 aromatic carbocycles. The first-order chi connectivity index (χ1) is 8.81. The second kappa shape index (κ2) is 6.69.